The number of rotatable bonds is 6. The fourth-order valence-electron chi connectivity index (χ4n) is 3.66. The Morgan fingerprint density at radius 3 is 2.43 bits per heavy atom. The van der Waals surface area contributed by atoms with E-state index >= 15 is 0 Å². The number of nitrogens with zero attached hydrogens (tertiary/aromatic N) is 1. The van der Waals surface area contributed by atoms with Gasteiger partial charge in [-0.3, -0.25) is 9.59 Å². The summed E-state index contributed by atoms with van der Waals surface area (Å²) in [4.78, 5) is 27.1. The summed E-state index contributed by atoms with van der Waals surface area (Å²) in [5.74, 6) is -0.232. The number of unbranched alkanes of at least 4 members (excludes halogenated alkanes) is 1. The van der Waals surface area contributed by atoms with E-state index in [0.717, 1.165) is 30.6 Å². The highest BCUT2D eigenvalue weighted by Crippen LogP contribution is 2.32. The van der Waals surface area contributed by atoms with Gasteiger partial charge in [0.2, 0.25) is 0 Å². The predicted molar refractivity (Wildman–Crippen MR) is 120 cm³/mol. The second-order valence-electron chi connectivity index (χ2n) is 7.55. The fraction of sp³-hybridized carbons (Fsp3) is 0.200. The first-order valence-electron chi connectivity index (χ1n) is 10.2. The third-order valence-electron chi connectivity index (χ3n) is 5.35. The van der Waals surface area contributed by atoms with Gasteiger partial charge in [-0.25, -0.2) is 0 Å². The molecule has 0 saturated carbocycles. The number of benzene rings is 3. The zero-order chi connectivity index (χ0) is 20.9. The molecule has 2 N–H and O–H groups in total. The van der Waals surface area contributed by atoms with Crippen LogP contribution in [0.3, 0.4) is 0 Å². The lowest BCUT2D eigenvalue weighted by Gasteiger charge is -2.18. The molecule has 5 heteroatoms. The molecule has 0 radical (unpaired) electrons. The second kappa shape index (κ2) is 8.82. The molecule has 0 bridgehead atoms. The van der Waals surface area contributed by atoms with Gasteiger partial charge in [-0.1, -0.05) is 42.5 Å². The summed E-state index contributed by atoms with van der Waals surface area (Å²) in [7, 11) is 1.82. The van der Waals surface area contributed by atoms with Crippen LogP contribution >= 0.6 is 0 Å². The molecular weight excluding hydrogens is 374 g/mol. The normalized spacial score (nSPS) is 12.1. The average molecular weight is 399 g/mol. The fourth-order valence-corrected chi connectivity index (χ4v) is 3.66. The quantitative estimate of drug-likeness (QED) is 0.568. The Kier molecular flexibility index (Phi) is 5.80. The molecule has 0 spiro atoms. The topological polar surface area (TPSA) is 61.4 Å². The maximum Gasteiger partial charge on any atom is 0.257 e. The number of amides is 2. The zero-order valence-electron chi connectivity index (χ0n) is 17.0. The van der Waals surface area contributed by atoms with Crippen LogP contribution in [0.15, 0.2) is 72.8 Å². The van der Waals surface area contributed by atoms with Gasteiger partial charge in [0.05, 0.1) is 22.6 Å². The van der Waals surface area contributed by atoms with Crippen LogP contribution in [-0.4, -0.2) is 30.3 Å². The van der Waals surface area contributed by atoms with Gasteiger partial charge in [0, 0.05) is 19.2 Å². The highest BCUT2D eigenvalue weighted by molar-refractivity contribution is 6.12. The Hall–Kier alpha value is -3.60. The number of fused-ring (bicyclic) bond motifs is 2. The van der Waals surface area contributed by atoms with Gasteiger partial charge >= 0.3 is 0 Å². The van der Waals surface area contributed by atoms with Gasteiger partial charge in [-0.05, 0) is 55.2 Å². The van der Waals surface area contributed by atoms with E-state index in [1.54, 1.807) is 23.1 Å². The van der Waals surface area contributed by atoms with Crippen molar-refractivity contribution in [2.24, 2.45) is 0 Å². The van der Waals surface area contributed by atoms with Crippen molar-refractivity contribution in [3.63, 3.8) is 0 Å². The summed E-state index contributed by atoms with van der Waals surface area (Å²) in [5, 5.41) is 6.19. The van der Waals surface area contributed by atoms with Gasteiger partial charge in [0.1, 0.15) is 0 Å². The number of anilines is 3. The van der Waals surface area contributed by atoms with E-state index in [9.17, 15) is 9.59 Å². The summed E-state index contributed by atoms with van der Waals surface area (Å²) in [6, 6.07) is 23.1. The molecule has 0 atom stereocenters. The monoisotopic (exact) mass is 399 g/mol. The van der Waals surface area contributed by atoms with Crippen LogP contribution in [0.1, 0.15) is 39.1 Å². The second-order valence-corrected chi connectivity index (χ2v) is 7.55. The first-order chi connectivity index (χ1) is 14.6. The van der Waals surface area contributed by atoms with Crippen molar-refractivity contribution in [2.45, 2.75) is 19.3 Å². The summed E-state index contributed by atoms with van der Waals surface area (Å²) in [5.41, 5.74) is 4.60. The lowest BCUT2D eigenvalue weighted by molar-refractivity contribution is 0.0792. The van der Waals surface area contributed by atoms with Gasteiger partial charge in [0.15, 0.2) is 0 Å². The van der Waals surface area contributed by atoms with E-state index in [1.807, 2.05) is 37.4 Å². The van der Waals surface area contributed by atoms with Crippen LogP contribution in [0, 0.1) is 0 Å². The van der Waals surface area contributed by atoms with Gasteiger partial charge < -0.3 is 15.5 Å². The van der Waals surface area contributed by atoms with E-state index in [4.69, 9.17) is 0 Å². The van der Waals surface area contributed by atoms with E-state index in [-0.39, 0.29) is 11.8 Å². The number of hydrogen-bond acceptors (Lipinski definition) is 3. The molecule has 1 aliphatic heterocycles. The molecule has 0 unspecified atom stereocenters. The van der Waals surface area contributed by atoms with Crippen molar-refractivity contribution < 1.29 is 9.59 Å². The summed E-state index contributed by atoms with van der Waals surface area (Å²) < 4.78 is 0. The standard InChI is InChI=1S/C25H25N3O2/c1-28(16-8-7-11-18-9-3-2-4-10-18)25(30)19-14-15-22-23(17-19)27-24(29)20-12-5-6-13-21(20)26-22/h2-6,9-10,12-15,17,26H,7-8,11,16H2,1H3,(H,27,29). The molecule has 0 aliphatic carbocycles. The van der Waals surface area contributed by atoms with E-state index in [1.165, 1.54) is 5.56 Å². The summed E-state index contributed by atoms with van der Waals surface area (Å²) >= 11 is 0. The number of carbonyl (C=O) groups is 2. The maximum atomic E-state index is 12.9. The van der Waals surface area contributed by atoms with E-state index in [0.29, 0.717) is 23.4 Å². The van der Waals surface area contributed by atoms with Crippen molar-refractivity contribution in [1.82, 2.24) is 4.90 Å². The number of para-hydroxylation sites is 1. The Morgan fingerprint density at radius 2 is 1.60 bits per heavy atom. The smallest absolute Gasteiger partial charge is 0.257 e. The van der Waals surface area contributed by atoms with Crippen LogP contribution < -0.4 is 10.6 Å². The minimum absolute atomic E-state index is 0.0477. The first kappa shape index (κ1) is 19.7. The lowest BCUT2D eigenvalue weighted by atomic mass is 10.1. The van der Waals surface area contributed by atoms with E-state index < -0.39 is 0 Å². The minimum atomic E-state index is -0.185. The van der Waals surface area contributed by atoms with Crippen LogP contribution in [0.5, 0.6) is 0 Å². The minimum Gasteiger partial charge on any atom is -0.353 e. The molecule has 3 aromatic rings. The highest BCUT2D eigenvalue weighted by atomic mass is 16.2. The molecule has 3 aromatic carbocycles. The third kappa shape index (κ3) is 4.35. The third-order valence-corrected chi connectivity index (χ3v) is 5.35. The van der Waals surface area contributed by atoms with Crippen molar-refractivity contribution in [2.75, 3.05) is 24.2 Å². The molecule has 0 saturated heterocycles. The first-order valence-corrected chi connectivity index (χ1v) is 10.2. The van der Waals surface area contributed by atoms with Gasteiger partial charge in [-0.2, -0.15) is 0 Å². The van der Waals surface area contributed by atoms with Crippen LogP contribution in [0.2, 0.25) is 0 Å². The largest absolute Gasteiger partial charge is 0.353 e. The summed E-state index contributed by atoms with van der Waals surface area (Å²) in [6.07, 6.45) is 2.99. The number of aryl methyl sites for hydroxylation is 1. The average Bonchev–Trinajstić information content (AvgIpc) is 2.92. The van der Waals surface area contributed by atoms with Crippen LogP contribution in [0.25, 0.3) is 0 Å². The SMILES string of the molecule is CN(CCCCc1ccccc1)C(=O)c1ccc2c(c1)NC(=O)c1ccccc1N2. The molecule has 152 valence electrons. The molecular formula is C25H25N3O2. The Balaban J connectivity index is 1.39. The van der Waals surface area contributed by atoms with Crippen molar-refractivity contribution in [3.05, 3.63) is 89.5 Å². The lowest BCUT2D eigenvalue weighted by Crippen LogP contribution is -2.28. The molecule has 5 nitrogen and oxygen atoms in total. The maximum absolute atomic E-state index is 12.9. The Labute approximate surface area is 176 Å². The predicted octanol–water partition coefficient (Wildman–Crippen LogP) is 5.09. The van der Waals surface area contributed by atoms with Gasteiger partial charge in [0.25, 0.3) is 11.8 Å². The molecule has 2 amide bonds. The Morgan fingerprint density at radius 1 is 0.833 bits per heavy atom. The van der Waals surface area contributed by atoms with Crippen molar-refractivity contribution >= 4 is 28.9 Å². The van der Waals surface area contributed by atoms with Crippen molar-refractivity contribution in [1.29, 1.82) is 0 Å². The number of nitrogens with one attached hydrogen (secondary N) is 2. The molecule has 0 fully saturated rings. The molecule has 0 aromatic heterocycles. The molecule has 30 heavy (non-hydrogen) atoms. The molecule has 1 heterocycles. The van der Waals surface area contributed by atoms with E-state index in [2.05, 4.69) is 34.9 Å². The zero-order valence-corrected chi connectivity index (χ0v) is 17.0. The Bertz CT molecular complexity index is 1060. The van der Waals surface area contributed by atoms with Crippen LogP contribution in [0.4, 0.5) is 17.1 Å². The molecule has 1 aliphatic rings. The van der Waals surface area contributed by atoms with Crippen molar-refractivity contribution in [3.8, 4) is 0 Å². The summed E-state index contributed by atoms with van der Waals surface area (Å²) in [6.45, 7) is 0.693. The van der Waals surface area contributed by atoms with Gasteiger partial charge in [-0.15, -0.1) is 0 Å². The molecule has 4 rings (SSSR count). The number of hydrogen-bond donors (Lipinski definition) is 2. The number of carbonyl (C=O) groups excluding carboxylic acids is 2. The highest BCUT2D eigenvalue weighted by Gasteiger charge is 2.20. The van der Waals surface area contributed by atoms with Crippen LogP contribution in [-0.2, 0) is 6.42 Å².